The van der Waals surface area contributed by atoms with Crippen molar-refractivity contribution in [2.45, 2.75) is 0 Å². The van der Waals surface area contributed by atoms with E-state index < -0.39 is 11.7 Å². The van der Waals surface area contributed by atoms with E-state index in [2.05, 4.69) is 26.6 Å². The van der Waals surface area contributed by atoms with E-state index in [-0.39, 0.29) is 17.5 Å². The number of halogens is 3. The number of benzene rings is 4. The number of hydrogen-bond donors (Lipinski definition) is 2. The molecule has 0 unspecified atom stereocenters. The summed E-state index contributed by atoms with van der Waals surface area (Å²) in [5, 5.41) is 7.30. The summed E-state index contributed by atoms with van der Waals surface area (Å²) < 4.78 is 19.7. The standard InChI is InChI=1S/C25H17BrClFN2O3/c26-24-19-7-2-1-4-15(19)8-11-22(24)33-14-23(31)29-17-6-3-5-16(12-17)25(32)30-18-9-10-21(28)20(27)13-18/h1-13H,14H2,(H,29,31)(H,30,32). The highest BCUT2D eigenvalue weighted by Crippen LogP contribution is 2.33. The highest BCUT2D eigenvalue weighted by molar-refractivity contribution is 9.10. The van der Waals surface area contributed by atoms with Crippen LogP contribution < -0.4 is 15.4 Å². The molecule has 0 radical (unpaired) electrons. The molecule has 0 aliphatic heterocycles. The second-order valence-electron chi connectivity index (χ2n) is 7.10. The number of carbonyl (C=O) groups excluding carboxylic acids is 2. The van der Waals surface area contributed by atoms with E-state index in [4.69, 9.17) is 16.3 Å². The number of ether oxygens (including phenoxy) is 1. The average Bonchev–Trinajstić information content (AvgIpc) is 2.81. The Kier molecular flexibility index (Phi) is 6.91. The van der Waals surface area contributed by atoms with Gasteiger partial charge in [0.05, 0.1) is 9.50 Å². The first-order chi connectivity index (χ1) is 15.9. The molecule has 0 aromatic heterocycles. The molecule has 2 N–H and O–H groups in total. The number of amides is 2. The Labute approximate surface area is 202 Å². The minimum atomic E-state index is -0.572. The molecule has 4 rings (SSSR count). The highest BCUT2D eigenvalue weighted by Gasteiger charge is 2.12. The van der Waals surface area contributed by atoms with Gasteiger partial charge in [-0.1, -0.05) is 48.0 Å². The van der Waals surface area contributed by atoms with Crippen molar-refractivity contribution in [1.29, 1.82) is 0 Å². The molecule has 5 nitrogen and oxygen atoms in total. The maximum atomic E-state index is 13.3. The molecule has 0 atom stereocenters. The Hall–Kier alpha value is -3.42. The van der Waals surface area contributed by atoms with Crippen molar-refractivity contribution in [2.75, 3.05) is 17.2 Å². The van der Waals surface area contributed by atoms with Crippen LogP contribution in [-0.4, -0.2) is 18.4 Å². The summed E-state index contributed by atoms with van der Waals surface area (Å²) in [6.07, 6.45) is 0. The lowest BCUT2D eigenvalue weighted by molar-refractivity contribution is -0.118. The van der Waals surface area contributed by atoms with Crippen LogP contribution in [0.15, 0.2) is 83.3 Å². The van der Waals surface area contributed by atoms with Crippen molar-refractivity contribution in [3.05, 3.63) is 99.7 Å². The Morgan fingerprint density at radius 1 is 0.909 bits per heavy atom. The molecule has 0 aliphatic carbocycles. The number of rotatable bonds is 6. The van der Waals surface area contributed by atoms with Crippen LogP contribution >= 0.6 is 27.5 Å². The van der Waals surface area contributed by atoms with E-state index in [1.807, 2.05) is 30.3 Å². The SMILES string of the molecule is O=C(COc1ccc2ccccc2c1Br)Nc1cccc(C(=O)Nc2ccc(F)c(Cl)c2)c1. The van der Waals surface area contributed by atoms with Gasteiger partial charge in [-0.05, 0) is 69.2 Å². The normalized spacial score (nSPS) is 10.6. The Balaban J connectivity index is 1.38. The lowest BCUT2D eigenvalue weighted by Crippen LogP contribution is -2.20. The third kappa shape index (κ3) is 5.50. The van der Waals surface area contributed by atoms with Crippen LogP contribution in [0.5, 0.6) is 5.75 Å². The maximum absolute atomic E-state index is 13.3. The third-order valence-electron chi connectivity index (χ3n) is 4.77. The molecule has 166 valence electrons. The topological polar surface area (TPSA) is 67.4 Å². The summed E-state index contributed by atoms with van der Waals surface area (Å²) in [6, 6.07) is 21.9. The lowest BCUT2D eigenvalue weighted by atomic mass is 10.1. The van der Waals surface area contributed by atoms with Gasteiger partial charge < -0.3 is 15.4 Å². The second-order valence-corrected chi connectivity index (χ2v) is 8.30. The number of fused-ring (bicyclic) bond motifs is 1. The molecule has 33 heavy (non-hydrogen) atoms. The fraction of sp³-hybridized carbons (Fsp3) is 0.0400. The molecular formula is C25H17BrClFN2O3. The van der Waals surface area contributed by atoms with Crippen LogP contribution in [0, 0.1) is 5.82 Å². The van der Waals surface area contributed by atoms with Crippen LogP contribution in [0.4, 0.5) is 15.8 Å². The van der Waals surface area contributed by atoms with Crippen molar-refractivity contribution >= 4 is 61.5 Å². The number of anilines is 2. The zero-order chi connectivity index (χ0) is 23.4. The van der Waals surface area contributed by atoms with Gasteiger partial charge in [0.15, 0.2) is 6.61 Å². The zero-order valence-corrected chi connectivity index (χ0v) is 19.4. The molecular weight excluding hydrogens is 511 g/mol. The molecule has 0 spiro atoms. The van der Waals surface area contributed by atoms with Gasteiger partial charge in [-0.3, -0.25) is 9.59 Å². The van der Waals surface area contributed by atoms with Gasteiger partial charge in [-0.2, -0.15) is 0 Å². The van der Waals surface area contributed by atoms with Gasteiger partial charge >= 0.3 is 0 Å². The van der Waals surface area contributed by atoms with Gasteiger partial charge in [-0.25, -0.2) is 4.39 Å². The van der Waals surface area contributed by atoms with Crippen LogP contribution in [0.2, 0.25) is 5.02 Å². The van der Waals surface area contributed by atoms with Crippen LogP contribution in [-0.2, 0) is 4.79 Å². The molecule has 0 fully saturated rings. The molecule has 8 heteroatoms. The van der Waals surface area contributed by atoms with E-state index >= 15 is 0 Å². The smallest absolute Gasteiger partial charge is 0.262 e. The van der Waals surface area contributed by atoms with E-state index in [9.17, 15) is 14.0 Å². The predicted octanol–water partition coefficient (Wildman–Crippen LogP) is 6.66. The minimum absolute atomic E-state index is 0.0909. The van der Waals surface area contributed by atoms with Crippen molar-refractivity contribution in [1.82, 2.24) is 0 Å². The number of nitrogens with one attached hydrogen (secondary N) is 2. The van der Waals surface area contributed by atoms with Crippen LogP contribution in [0.3, 0.4) is 0 Å². The summed E-state index contributed by atoms with van der Waals surface area (Å²) in [5.41, 5.74) is 1.10. The van der Waals surface area contributed by atoms with Crippen molar-refractivity contribution in [3.63, 3.8) is 0 Å². The van der Waals surface area contributed by atoms with E-state index in [1.54, 1.807) is 24.3 Å². The fourth-order valence-electron chi connectivity index (χ4n) is 3.18. The van der Waals surface area contributed by atoms with Crippen molar-refractivity contribution < 1.29 is 18.7 Å². The van der Waals surface area contributed by atoms with Crippen LogP contribution in [0.25, 0.3) is 10.8 Å². The van der Waals surface area contributed by atoms with Crippen molar-refractivity contribution in [2.24, 2.45) is 0 Å². The maximum Gasteiger partial charge on any atom is 0.262 e. The summed E-state index contributed by atoms with van der Waals surface area (Å²) >= 11 is 9.28. The Bertz CT molecular complexity index is 1360. The summed E-state index contributed by atoms with van der Waals surface area (Å²) in [6.45, 7) is -0.207. The Morgan fingerprint density at radius 2 is 1.70 bits per heavy atom. The summed E-state index contributed by atoms with van der Waals surface area (Å²) in [5.74, 6) is -0.824. The Morgan fingerprint density at radius 3 is 2.52 bits per heavy atom. The van der Waals surface area contributed by atoms with E-state index in [1.165, 1.54) is 24.3 Å². The zero-order valence-electron chi connectivity index (χ0n) is 17.1. The third-order valence-corrected chi connectivity index (χ3v) is 5.88. The number of hydrogen-bond acceptors (Lipinski definition) is 3. The summed E-state index contributed by atoms with van der Waals surface area (Å²) in [4.78, 5) is 24.9. The van der Waals surface area contributed by atoms with Gasteiger partial charge in [-0.15, -0.1) is 0 Å². The molecule has 0 saturated heterocycles. The molecule has 4 aromatic rings. The highest BCUT2D eigenvalue weighted by atomic mass is 79.9. The van der Waals surface area contributed by atoms with E-state index in [0.717, 1.165) is 15.2 Å². The fourth-order valence-corrected chi connectivity index (χ4v) is 3.97. The molecule has 2 amide bonds. The van der Waals surface area contributed by atoms with Gasteiger partial charge in [0.1, 0.15) is 11.6 Å². The lowest BCUT2D eigenvalue weighted by Gasteiger charge is -2.11. The van der Waals surface area contributed by atoms with Crippen molar-refractivity contribution in [3.8, 4) is 5.75 Å². The van der Waals surface area contributed by atoms with Gasteiger partial charge in [0.25, 0.3) is 11.8 Å². The monoisotopic (exact) mass is 526 g/mol. The minimum Gasteiger partial charge on any atom is -0.483 e. The molecule has 0 saturated carbocycles. The first-order valence-corrected chi connectivity index (χ1v) is 11.0. The molecule has 0 bridgehead atoms. The van der Waals surface area contributed by atoms with E-state index in [0.29, 0.717) is 22.7 Å². The molecule has 0 heterocycles. The first-order valence-electron chi connectivity index (χ1n) is 9.87. The quantitative estimate of drug-likeness (QED) is 0.294. The average molecular weight is 528 g/mol. The predicted molar refractivity (Wildman–Crippen MR) is 132 cm³/mol. The van der Waals surface area contributed by atoms with Gasteiger partial charge in [0.2, 0.25) is 0 Å². The molecule has 4 aromatic carbocycles. The summed E-state index contributed by atoms with van der Waals surface area (Å²) in [7, 11) is 0. The second kappa shape index (κ2) is 10.0. The van der Waals surface area contributed by atoms with Crippen LogP contribution in [0.1, 0.15) is 10.4 Å². The first kappa shape index (κ1) is 22.8. The largest absolute Gasteiger partial charge is 0.483 e. The van der Waals surface area contributed by atoms with Gasteiger partial charge in [0, 0.05) is 16.9 Å². The molecule has 0 aliphatic rings. The number of carbonyl (C=O) groups is 2.